The molecule has 2 rings (SSSR count). The fourth-order valence-corrected chi connectivity index (χ4v) is 2.68. The van der Waals surface area contributed by atoms with Crippen molar-refractivity contribution in [1.29, 1.82) is 0 Å². The van der Waals surface area contributed by atoms with Crippen molar-refractivity contribution in [2.24, 2.45) is 5.73 Å². The van der Waals surface area contributed by atoms with Crippen LogP contribution in [-0.2, 0) is 12.7 Å². The molecule has 0 atom stereocenters. The van der Waals surface area contributed by atoms with Gasteiger partial charge in [-0.15, -0.1) is 11.3 Å². The maximum absolute atomic E-state index is 12.7. The second-order valence-corrected chi connectivity index (χ2v) is 5.87. The van der Waals surface area contributed by atoms with Crippen LogP contribution in [0.2, 0.25) is 0 Å². The van der Waals surface area contributed by atoms with E-state index >= 15 is 0 Å². The Bertz CT molecular complexity index is 672. The van der Waals surface area contributed by atoms with Gasteiger partial charge >= 0.3 is 6.18 Å². The topological polar surface area (TPSA) is 68.0 Å². The quantitative estimate of drug-likeness (QED) is 0.855. The largest absolute Gasteiger partial charge is 0.416 e. The predicted octanol–water partition coefficient (Wildman–Crippen LogP) is 3.64. The molecule has 0 saturated carbocycles. The SMILES string of the molecule is NCc1nc(C(=O)Nc2cc(Br)cc(C(F)(F)F)c2)cs1. The molecule has 2 aromatic rings. The molecular weight excluding hydrogens is 371 g/mol. The molecule has 1 aromatic heterocycles. The number of nitrogens with one attached hydrogen (secondary N) is 1. The molecule has 0 bridgehead atoms. The lowest BCUT2D eigenvalue weighted by Crippen LogP contribution is -2.14. The lowest BCUT2D eigenvalue weighted by atomic mass is 10.2. The summed E-state index contributed by atoms with van der Waals surface area (Å²) in [4.78, 5) is 15.9. The van der Waals surface area contributed by atoms with E-state index in [1.165, 1.54) is 22.8 Å². The Morgan fingerprint density at radius 3 is 2.67 bits per heavy atom. The van der Waals surface area contributed by atoms with Crippen molar-refractivity contribution in [3.8, 4) is 0 Å². The van der Waals surface area contributed by atoms with E-state index in [-0.39, 0.29) is 22.4 Å². The van der Waals surface area contributed by atoms with Crippen LogP contribution in [0.5, 0.6) is 0 Å². The molecule has 1 heterocycles. The van der Waals surface area contributed by atoms with E-state index in [9.17, 15) is 18.0 Å². The van der Waals surface area contributed by atoms with Crippen LogP contribution in [0.25, 0.3) is 0 Å². The summed E-state index contributed by atoms with van der Waals surface area (Å²) in [6.07, 6.45) is -4.49. The summed E-state index contributed by atoms with van der Waals surface area (Å²) < 4.78 is 38.3. The molecule has 1 amide bonds. The Kier molecular flexibility index (Phi) is 4.64. The highest BCUT2D eigenvalue weighted by molar-refractivity contribution is 9.10. The Labute approximate surface area is 130 Å². The lowest BCUT2D eigenvalue weighted by molar-refractivity contribution is -0.137. The van der Waals surface area contributed by atoms with Crippen molar-refractivity contribution in [3.05, 3.63) is 44.3 Å². The van der Waals surface area contributed by atoms with E-state index in [0.717, 1.165) is 12.1 Å². The zero-order valence-electron chi connectivity index (χ0n) is 10.4. The van der Waals surface area contributed by atoms with E-state index in [2.05, 4.69) is 26.2 Å². The molecule has 0 aliphatic rings. The monoisotopic (exact) mass is 379 g/mol. The molecule has 9 heteroatoms. The molecular formula is C12H9BrF3N3OS. The highest BCUT2D eigenvalue weighted by Crippen LogP contribution is 2.33. The number of alkyl halides is 3. The average molecular weight is 380 g/mol. The highest BCUT2D eigenvalue weighted by Gasteiger charge is 2.31. The number of aromatic nitrogens is 1. The van der Waals surface area contributed by atoms with Crippen LogP contribution in [0.1, 0.15) is 21.1 Å². The molecule has 4 nitrogen and oxygen atoms in total. The summed E-state index contributed by atoms with van der Waals surface area (Å²) in [7, 11) is 0. The molecule has 1 aromatic carbocycles. The van der Waals surface area contributed by atoms with Crippen LogP contribution in [0.3, 0.4) is 0 Å². The molecule has 0 radical (unpaired) electrons. The number of nitrogens with zero attached hydrogens (tertiary/aromatic N) is 1. The maximum Gasteiger partial charge on any atom is 0.416 e. The van der Waals surface area contributed by atoms with Gasteiger partial charge < -0.3 is 11.1 Å². The van der Waals surface area contributed by atoms with Crippen LogP contribution < -0.4 is 11.1 Å². The van der Waals surface area contributed by atoms with Crippen molar-refractivity contribution in [2.45, 2.75) is 12.7 Å². The minimum Gasteiger partial charge on any atom is -0.325 e. The van der Waals surface area contributed by atoms with Crippen molar-refractivity contribution < 1.29 is 18.0 Å². The molecule has 0 fully saturated rings. The first-order valence-corrected chi connectivity index (χ1v) is 7.30. The second kappa shape index (κ2) is 6.12. The van der Waals surface area contributed by atoms with E-state index < -0.39 is 17.6 Å². The third-order valence-corrected chi connectivity index (χ3v) is 3.77. The van der Waals surface area contributed by atoms with Gasteiger partial charge in [0.05, 0.1) is 5.56 Å². The summed E-state index contributed by atoms with van der Waals surface area (Å²) >= 11 is 4.20. The third kappa shape index (κ3) is 4.02. The zero-order chi connectivity index (χ0) is 15.6. The Hall–Kier alpha value is -1.45. The van der Waals surface area contributed by atoms with Crippen LogP contribution >= 0.6 is 27.3 Å². The number of benzene rings is 1. The summed E-state index contributed by atoms with van der Waals surface area (Å²) in [5.41, 5.74) is 4.69. The standard InChI is InChI=1S/C12H9BrF3N3OS/c13-7-1-6(12(14,15)16)2-8(3-7)18-11(20)9-5-21-10(4-17)19-9/h1-3,5H,4,17H2,(H,18,20). The third-order valence-electron chi connectivity index (χ3n) is 2.44. The summed E-state index contributed by atoms with van der Waals surface area (Å²) in [5, 5.41) is 4.46. The van der Waals surface area contributed by atoms with Gasteiger partial charge in [0.25, 0.3) is 5.91 Å². The number of carbonyl (C=O) groups is 1. The van der Waals surface area contributed by atoms with Gasteiger partial charge in [0, 0.05) is 22.1 Å². The molecule has 3 N–H and O–H groups in total. The Morgan fingerprint density at radius 1 is 1.38 bits per heavy atom. The van der Waals surface area contributed by atoms with Gasteiger partial charge in [0.1, 0.15) is 10.7 Å². The molecule has 0 saturated heterocycles. The summed E-state index contributed by atoms with van der Waals surface area (Å²) in [5.74, 6) is -0.586. The fourth-order valence-electron chi connectivity index (χ4n) is 1.53. The summed E-state index contributed by atoms with van der Waals surface area (Å²) in [6, 6.07) is 3.17. The molecule has 0 unspecified atom stereocenters. The first-order chi connectivity index (χ1) is 9.79. The molecule has 0 spiro atoms. The number of nitrogens with two attached hydrogens (primary N) is 1. The predicted molar refractivity (Wildman–Crippen MR) is 77.1 cm³/mol. The van der Waals surface area contributed by atoms with E-state index in [0.29, 0.717) is 5.01 Å². The van der Waals surface area contributed by atoms with Gasteiger partial charge in [-0.25, -0.2) is 4.98 Å². The Balaban J connectivity index is 2.23. The number of amides is 1. The van der Waals surface area contributed by atoms with Crippen LogP contribution in [0, 0.1) is 0 Å². The molecule has 0 aliphatic heterocycles. The van der Waals surface area contributed by atoms with Gasteiger partial charge in [-0.1, -0.05) is 15.9 Å². The smallest absolute Gasteiger partial charge is 0.325 e. The number of carbonyl (C=O) groups excluding carboxylic acids is 1. The van der Waals surface area contributed by atoms with E-state index in [1.807, 2.05) is 0 Å². The van der Waals surface area contributed by atoms with Crippen molar-refractivity contribution in [1.82, 2.24) is 4.98 Å². The van der Waals surface area contributed by atoms with Gasteiger partial charge in [-0.3, -0.25) is 4.79 Å². The van der Waals surface area contributed by atoms with Gasteiger partial charge in [0.15, 0.2) is 0 Å². The highest BCUT2D eigenvalue weighted by atomic mass is 79.9. The number of halogens is 4. The second-order valence-electron chi connectivity index (χ2n) is 4.01. The minimum atomic E-state index is -4.49. The summed E-state index contributed by atoms with van der Waals surface area (Å²) in [6.45, 7) is 0.201. The van der Waals surface area contributed by atoms with E-state index in [1.54, 1.807) is 0 Å². The van der Waals surface area contributed by atoms with Crippen molar-refractivity contribution in [3.63, 3.8) is 0 Å². The number of rotatable bonds is 3. The lowest BCUT2D eigenvalue weighted by Gasteiger charge is -2.10. The number of hydrogen-bond donors (Lipinski definition) is 2. The van der Waals surface area contributed by atoms with Gasteiger partial charge in [-0.2, -0.15) is 13.2 Å². The first-order valence-electron chi connectivity index (χ1n) is 5.63. The van der Waals surface area contributed by atoms with Crippen LogP contribution in [0.15, 0.2) is 28.1 Å². The van der Waals surface area contributed by atoms with E-state index in [4.69, 9.17) is 5.73 Å². The minimum absolute atomic E-state index is 0.0315. The fraction of sp³-hybridized carbons (Fsp3) is 0.167. The molecule has 0 aliphatic carbocycles. The Morgan fingerprint density at radius 2 is 2.10 bits per heavy atom. The van der Waals surface area contributed by atoms with Gasteiger partial charge in [-0.05, 0) is 18.2 Å². The van der Waals surface area contributed by atoms with Crippen molar-refractivity contribution in [2.75, 3.05) is 5.32 Å². The average Bonchev–Trinajstić information content (AvgIpc) is 2.85. The van der Waals surface area contributed by atoms with Crippen molar-refractivity contribution >= 4 is 38.9 Å². The normalized spacial score (nSPS) is 11.5. The van der Waals surface area contributed by atoms with Crippen LogP contribution in [-0.4, -0.2) is 10.9 Å². The molecule has 112 valence electrons. The number of anilines is 1. The number of hydrogen-bond acceptors (Lipinski definition) is 4. The zero-order valence-corrected chi connectivity index (χ0v) is 12.8. The van der Waals surface area contributed by atoms with Gasteiger partial charge in [0.2, 0.25) is 0 Å². The number of thiazole rings is 1. The molecule has 21 heavy (non-hydrogen) atoms. The maximum atomic E-state index is 12.7. The first kappa shape index (κ1) is 15.9. The van der Waals surface area contributed by atoms with Crippen LogP contribution in [0.4, 0.5) is 18.9 Å².